The first kappa shape index (κ1) is 12.3. The maximum absolute atomic E-state index is 11.8. The molecule has 0 aromatic heterocycles. The molecule has 0 radical (unpaired) electrons. The van der Waals surface area contributed by atoms with Crippen LogP contribution >= 0.6 is 0 Å². The summed E-state index contributed by atoms with van der Waals surface area (Å²) < 4.78 is 0. The highest BCUT2D eigenvalue weighted by Gasteiger charge is 2.51. The van der Waals surface area contributed by atoms with Crippen molar-refractivity contribution >= 4 is 5.91 Å². The predicted octanol–water partition coefficient (Wildman–Crippen LogP) is 1.69. The molecule has 1 aliphatic heterocycles. The van der Waals surface area contributed by atoms with Gasteiger partial charge in [-0.1, -0.05) is 20.8 Å². The van der Waals surface area contributed by atoms with E-state index in [1.54, 1.807) is 4.90 Å². The number of likely N-dealkylation sites (tertiary alicyclic amines) is 1. The van der Waals surface area contributed by atoms with Crippen molar-refractivity contribution in [1.82, 2.24) is 4.90 Å². The highest BCUT2D eigenvalue weighted by atomic mass is 16.6. The van der Waals surface area contributed by atoms with Crippen molar-refractivity contribution in [2.45, 2.75) is 46.1 Å². The van der Waals surface area contributed by atoms with Gasteiger partial charge in [0.15, 0.2) is 0 Å². The molecule has 2 unspecified atom stereocenters. The third-order valence-electron chi connectivity index (χ3n) is 4.00. The van der Waals surface area contributed by atoms with E-state index in [0.29, 0.717) is 6.54 Å². The Bertz CT molecular complexity index is 367. The Hall–Kier alpha value is -1.13. The van der Waals surface area contributed by atoms with Crippen LogP contribution in [0.1, 0.15) is 40.0 Å². The summed E-state index contributed by atoms with van der Waals surface area (Å²) in [6.45, 7) is 6.76. The first-order valence-corrected chi connectivity index (χ1v) is 6.12. The minimum absolute atomic E-state index is 0.151. The highest BCUT2D eigenvalue weighted by molar-refractivity contribution is 5.78. The largest absolute Gasteiger partial charge is 0.333 e. The second kappa shape index (κ2) is 3.68. The first-order chi connectivity index (χ1) is 7.71. The molecule has 0 N–H and O–H groups in total. The quantitative estimate of drug-likeness (QED) is 0.545. The zero-order valence-corrected chi connectivity index (χ0v) is 10.7. The van der Waals surface area contributed by atoms with Crippen molar-refractivity contribution in [2.75, 3.05) is 13.1 Å². The van der Waals surface area contributed by atoms with Crippen LogP contribution in [0, 0.1) is 20.9 Å². The lowest BCUT2D eigenvalue weighted by atomic mass is 9.65. The molecule has 2 rings (SSSR count). The zero-order valence-electron chi connectivity index (χ0n) is 10.7. The second-order valence-corrected chi connectivity index (χ2v) is 6.73. The molecule has 5 heteroatoms. The number of carbonyl (C=O) groups is 1. The molecule has 0 aromatic rings. The number of amides is 1. The third kappa shape index (κ3) is 2.42. The van der Waals surface area contributed by atoms with Crippen LogP contribution < -0.4 is 0 Å². The minimum atomic E-state index is -0.562. The second-order valence-electron chi connectivity index (χ2n) is 6.73. The molecule has 0 spiro atoms. The van der Waals surface area contributed by atoms with E-state index in [-0.39, 0.29) is 22.8 Å². The minimum Gasteiger partial charge on any atom is -0.333 e. The van der Waals surface area contributed by atoms with Crippen LogP contribution in [0.2, 0.25) is 0 Å². The summed E-state index contributed by atoms with van der Waals surface area (Å²) in [5, 5.41) is 10.4. The molecule has 1 saturated heterocycles. The molecule has 1 saturated carbocycles. The SMILES string of the molecule is CC1(C)CC2CC(C)(CN2C(=O)C[N+](=O)[O-])C1. The van der Waals surface area contributed by atoms with Gasteiger partial charge < -0.3 is 4.90 Å². The molecule has 2 aliphatic rings. The molecule has 17 heavy (non-hydrogen) atoms. The van der Waals surface area contributed by atoms with Gasteiger partial charge in [0.1, 0.15) is 0 Å². The molecule has 2 fully saturated rings. The standard InChI is InChI=1S/C12H20N2O3/c1-11(2)4-9-5-12(3,7-11)8-13(9)10(15)6-14(16)17/h9H,4-8H2,1-3H3. The van der Waals surface area contributed by atoms with Crippen molar-refractivity contribution in [3.63, 3.8) is 0 Å². The van der Waals surface area contributed by atoms with Crippen molar-refractivity contribution in [3.05, 3.63) is 10.1 Å². The van der Waals surface area contributed by atoms with Crippen LogP contribution in [0.5, 0.6) is 0 Å². The predicted molar refractivity (Wildman–Crippen MR) is 63.1 cm³/mol. The fraction of sp³-hybridized carbons (Fsp3) is 0.917. The van der Waals surface area contributed by atoms with Gasteiger partial charge in [0.25, 0.3) is 12.5 Å². The van der Waals surface area contributed by atoms with Crippen molar-refractivity contribution < 1.29 is 9.72 Å². The average molecular weight is 240 g/mol. The van der Waals surface area contributed by atoms with Crippen molar-refractivity contribution in [3.8, 4) is 0 Å². The molecule has 1 heterocycles. The summed E-state index contributed by atoms with van der Waals surface area (Å²) in [6.07, 6.45) is 3.06. The summed E-state index contributed by atoms with van der Waals surface area (Å²) in [7, 11) is 0. The van der Waals surface area contributed by atoms with Crippen LogP contribution in [0.15, 0.2) is 0 Å². The first-order valence-electron chi connectivity index (χ1n) is 6.12. The van der Waals surface area contributed by atoms with E-state index in [9.17, 15) is 14.9 Å². The molecule has 0 aromatic carbocycles. The molecular formula is C12H20N2O3. The number of carbonyl (C=O) groups excluding carboxylic acids is 1. The van der Waals surface area contributed by atoms with Gasteiger partial charge in [-0.25, -0.2) is 0 Å². The lowest BCUT2D eigenvalue weighted by Gasteiger charge is -2.39. The summed E-state index contributed by atoms with van der Waals surface area (Å²) >= 11 is 0. The molecule has 2 atom stereocenters. The highest BCUT2D eigenvalue weighted by Crippen LogP contribution is 2.52. The van der Waals surface area contributed by atoms with E-state index in [1.165, 1.54) is 0 Å². The van der Waals surface area contributed by atoms with Crippen molar-refractivity contribution in [1.29, 1.82) is 0 Å². The molecule has 2 bridgehead atoms. The number of hydrogen-bond donors (Lipinski definition) is 0. The summed E-state index contributed by atoms with van der Waals surface area (Å²) in [5.41, 5.74) is 0.389. The molecular weight excluding hydrogens is 220 g/mol. The number of nitro groups is 1. The smallest absolute Gasteiger partial charge is 0.294 e. The Labute approximate surface area is 101 Å². The molecule has 5 nitrogen and oxygen atoms in total. The van der Waals surface area contributed by atoms with Crippen LogP contribution in [0.3, 0.4) is 0 Å². The Morgan fingerprint density at radius 1 is 1.41 bits per heavy atom. The van der Waals surface area contributed by atoms with Gasteiger partial charge in [0.05, 0.1) is 0 Å². The average Bonchev–Trinajstić information content (AvgIpc) is 2.33. The van der Waals surface area contributed by atoms with E-state index in [4.69, 9.17) is 0 Å². The van der Waals surface area contributed by atoms with E-state index >= 15 is 0 Å². The summed E-state index contributed by atoms with van der Waals surface area (Å²) in [4.78, 5) is 23.5. The van der Waals surface area contributed by atoms with E-state index < -0.39 is 11.5 Å². The van der Waals surface area contributed by atoms with Crippen LogP contribution in [0.25, 0.3) is 0 Å². The number of nitrogens with zero attached hydrogens (tertiary/aromatic N) is 2. The Balaban J connectivity index is 2.13. The summed E-state index contributed by atoms with van der Waals surface area (Å²) in [6, 6.07) is 0.205. The Morgan fingerprint density at radius 2 is 2.06 bits per heavy atom. The molecule has 96 valence electrons. The van der Waals surface area contributed by atoms with Gasteiger partial charge in [-0.3, -0.25) is 14.9 Å². The number of hydrogen-bond acceptors (Lipinski definition) is 3. The van der Waals surface area contributed by atoms with Gasteiger partial charge >= 0.3 is 0 Å². The van der Waals surface area contributed by atoms with E-state index in [0.717, 1.165) is 19.3 Å². The van der Waals surface area contributed by atoms with Gasteiger partial charge in [-0.2, -0.15) is 0 Å². The fourth-order valence-electron chi connectivity index (χ4n) is 3.95. The Kier molecular flexibility index (Phi) is 2.67. The fourth-order valence-corrected chi connectivity index (χ4v) is 3.95. The van der Waals surface area contributed by atoms with E-state index in [2.05, 4.69) is 20.8 Å². The lowest BCUT2D eigenvalue weighted by Crippen LogP contribution is -2.40. The topological polar surface area (TPSA) is 63.5 Å². The van der Waals surface area contributed by atoms with E-state index in [1.807, 2.05) is 0 Å². The van der Waals surface area contributed by atoms with Gasteiger partial charge in [0.2, 0.25) is 0 Å². The molecule has 1 aliphatic carbocycles. The lowest BCUT2D eigenvalue weighted by molar-refractivity contribution is -0.468. The van der Waals surface area contributed by atoms with Crippen LogP contribution in [-0.2, 0) is 4.79 Å². The third-order valence-corrected chi connectivity index (χ3v) is 4.00. The maximum Gasteiger partial charge on any atom is 0.294 e. The van der Waals surface area contributed by atoms with Crippen LogP contribution in [0.4, 0.5) is 0 Å². The van der Waals surface area contributed by atoms with Gasteiger partial charge in [-0.05, 0) is 30.1 Å². The zero-order chi connectivity index (χ0) is 12.8. The number of fused-ring (bicyclic) bond motifs is 2. The van der Waals surface area contributed by atoms with Crippen LogP contribution in [-0.4, -0.2) is 34.9 Å². The Morgan fingerprint density at radius 3 is 2.65 bits per heavy atom. The summed E-state index contributed by atoms with van der Waals surface area (Å²) in [5.74, 6) is -0.318. The van der Waals surface area contributed by atoms with Gasteiger partial charge in [-0.15, -0.1) is 0 Å². The molecule has 1 amide bonds. The number of rotatable bonds is 2. The monoisotopic (exact) mass is 240 g/mol. The van der Waals surface area contributed by atoms with Crippen molar-refractivity contribution in [2.24, 2.45) is 10.8 Å². The maximum atomic E-state index is 11.8. The normalized spacial score (nSPS) is 34.8. The van der Waals surface area contributed by atoms with Gasteiger partial charge in [0, 0.05) is 17.5 Å².